The fourth-order valence-corrected chi connectivity index (χ4v) is 0.866. The fraction of sp³-hybridized carbons (Fsp3) is 0.111. The summed E-state index contributed by atoms with van der Waals surface area (Å²) in [6, 6.07) is 6.44. The maximum atomic E-state index is 10.6. The number of aromatic carboxylic acids is 1. The molecule has 0 aromatic heterocycles. The number of carboxylic acid groups (broad SMARTS) is 1. The largest absolute Gasteiger partial charge is 0.478 e. The van der Waals surface area contributed by atoms with Crippen molar-refractivity contribution in [1.29, 1.82) is 0 Å². The first-order chi connectivity index (χ1) is 6.24. The smallest absolute Gasteiger partial charge is 0.335 e. The monoisotopic (exact) mass is 179 g/mol. The summed E-state index contributed by atoms with van der Waals surface area (Å²) in [6.07, 6.45) is 1.45. The van der Waals surface area contributed by atoms with Crippen LogP contribution in [0.3, 0.4) is 0 Å². The van der Waals surface area contributed by atoms with E-state index in [4.69, 9.17) is 5.11 Å². The summed E-state index contributed by atoms with van der Waals surface area (Å²) in [5.74, 6) is -0.951. The SMILES string of the molecule is CO/N=C\c1cccc(C(=O)O)c1. The van der Waals surface area contributed by atoms with Gasteiger partial charge in [-0.15, -0.1) is 0 Å². The van der Waals surface area contributed by atoms with Gasteiger partial charge in [0, 0.05) is 0 Å². The van der Waals surface area contributed by atoms with Crippen LogP contribution >= 0.6 is 0 Å². The number of hydrogen-bond acceptors (Lipinski definition) is 3. The van der Waals surface area contributed by atoms with E-state index in [-0.39, 0.29) is 5.56 Å². The van der Waals surface area contributed by atoms with Crippen LogP contribution in [0.1, 0.15) is 15.9 Å². The van der Waals surface area contributed by atoms with Crippen molar-refractivity contribution in [3.8, 4) is 0 Å². The first-order valence-electron chi connectivity index (χ1n) is 3.64. The molecule has 0 fully saturated rings. The molecule has 0 radical (unpaired) electrons. The van der Waals surface area contributed by atoms with Crippen molar-refractivity contribution < 1.29 is 14.7 Å². The number of carbonyl (C=O) groups is 1. The molecule has 0 saturated carbocycles. The summed E-state index contributed by atoms with van der Waals surface area (Å²) >= 11 is 0. The highest BCUT2D eigenvalue weighted by Crippen LogP contribution is 2.02. The minimum absolute atomic E-state index is 0.236. The number of rotatable bonds is 3. The lowest BCUT2D eigenvalue weighted by molar-refractivity contribution is 0.0697. The molecule has 0 amide bonds. The molecule has 1 aromatic carbocycles. The second-order valence-electron chi connectivity index (χ2n) is 2.35. The van der Waals surface area contributed by atoms with Crippen molar-refractivity contribution >= 4 is 12.2 Å². The van der Waals surface area contributed by atoms with Crippen LogP contribution < -0.4 is 0 Å². The van der Waals surface area contributed by atoms with Gasteiger partial charge in [0.1, 0.15) is 7.11 Å². The van der Waals surface area contributed by atoms with Crippen molar-refractivity contribution in [2.24, 2.45) is 5.16 Å². The number of carboxylic acids is 1. The summed E-state index contributed by atoms with van der Waals surface area (Å²) in [4.78, 5) is 15.0. The Morgan fingerprint density at radius 3 is 3.00 bits per heavy atom. The predicted molar refractivity (Wildman–Crippen MR) is 48.0 cm³/mol. The van der Waals surface area contributed by atoms with Gasteiger partial charge >= 0.3 is 5.97 Å². The lowest BCUT2D eigenvalue weighted by Crippen LogP contribution is -1.96. The fourth-order valence-electron chi connectivity index (χ4n) is 0.866. The van der Waals surface area contributed by atoms with Crippen molar-refractivity contribution in [3.63, 3.8) is 0 Å². The highest BCUT2D eigenvalue weighted by molar-refractivity contribution is 5.90. The van der Waals surface area contributed by atoms with Crippen molar-refractivity contribution in [2.75, 3.05) is 7.11 Å². The molecule has 0 aliphatic carbocycles. The van der Waals surface area contributed by atoms with Gasteiger partial charge in [0.25, 0.3) is 0 Å². The van der Waals surface area contributed by atoms with Crippen LogP contribution in [0.15, 0.2) is 29.4 Å². The normalized spacial score (nSPS) is 10.2. The minimum Gasteiger partial charge on any atom is -0.478 e. The standard InChI is InChI=1S/C9H9NO3/c1-13-10-6-7-3-2-4-8(5-7)9(11)12/h2-6H,1H3,(H,11,12)/b10-6-. The second-order valence-corrected chi connectivity index (χ2v) is 2.35. The van der Waals surface area contributed by atoms with Crippen molar-refractivity contribution in [3.05, 3.63) is 35.4 Å². The molecule has 1 N–H and O–H groups in total. The summed E-state index contributed by atoms with van der Waals surface area (Å²) in [7, 11) is 1.43. The predicted octanol–water partition coefficient (Wildman–Crippen LogP) is 1.37. The molecular weight excluding hydrogens is 170 g/mol. The molecule has 1 rings (SSSR count). The molecule has 0 saturated heterocycles. The van der Waals surface area contributed by atoms with E-state index in [9.17, 15) is 4.79 Å². The van der Waals surface area contributed by atoms with Crippen molar-refractivity contribution in [1.82, 2.24) is 0 Å². The Morgan fingerprint density at radius 2 is 2.38 bits per heavy atom. The quantitative estimate of drug-likeness (QED) is 0.563. The molecular formula is C9H9NO3. The van der Waals surface area contributed by atoms with Crippen LogP contribution in [0.4, 0.5) is 0 Å². The van der Waals surface area contributed by atoms with Gasteiger partial charge in [0.15, 0.2) is 0 Å². The van der Waals surface area contributed by atoms with Gasteiger partial charge in [-0.2, -0.15) is 0 Å². The molecule has 4 nitrogen and oxygen atoms in total. The van der Waals surface area contributed by atoms with Gasteiger partial charge in [0.05, 0.1) is 11.8 Å². The van der Waals surface area contributed by atoms with Crippen LogP contribution in [-0.2, 0) is 4.84 Å². The third-order valence-electron chi connectivity index (χ3n) is 1.44. The van der Waals surface area contributed by atoms with Gasteiger partial charge in [-0.3, -0.25) is 0 Å². The number of benzene rings is 1. The summed E-state index contributed by atoms with van der Waals surface area (Å²) in [5.41, 5.74) is 0.932. The van der Waals surface area contributed by atoms with Crippen LogP contribution in [0.25, 0.3) is 0 Å². The minimum atomic E-state index is -0.951. The number of hydrogen-bond donors (Lipinski definition) is 1. The molecule has 1 aromatic rings. The third-order valence-corrected chi connectivity index (χ3v) is 1.44. The molecule has 0 atom stereocenters. The highest BCUT2D eigenvalue weighted by atomic mass is 16.6. The van der Waals surface area contributed by atoms with Gasteiger partial charge in [-0.1, -0.05) is 17.3 Å². The first kappa shape index (κ1) is 9.25. The lowest BCUT2D eigenvalue weighted by Gasteiger charge is -1.95. The van der Waals surface area contributed by atoms with E-state index in [1.165, 1.54) is 25.5 Å². The van der Waals surface area contributed by atoms with Gasteiger partial charge in [-0.25, -0.2) is 4.79 Å². The molecule has 0 aliphatic heterocycles. The van der Waals surface area contributed by atoms with E-state index in [0.717, 1.165) is 0 Å². The average Bonchev–Trinajstić information content (AvgIpc) is 2.15. The Labute approximate surface area is 75.4 Å². The van der Waals surface area contributed by atoms with Crippen LogP contribution in [0.2, 0.25) is 0 Å². The Hall–Kier alpha value is -1.84. The topological polar surface area (TPSA) is 58.9 Å². The van der Waals surface area contributed by atoms with Gasteiger partial charge in [0.2, 0.25) is 0 Å². The van der Waals surface area contributed by atoms with E-state index in [1.807, 2.05) is 0 Å². The van der Waals surface area contributed by atoms with E-state index >= 15 is 0 Å². The zero-order valence-corrected chi connectivity index (χ0v) is 7.10. The van der Waals surface area contributed by atoms with E-state index in [2.05, 4.69) is 9.99 Å². The van der Waals surface area contributed by atoms with E-state index in [1.54, 1.807) is 12.1 Å². The van der Waals surface area contributed by atoms with E-state index in [0.29, 0.717) is 5.56 Å². The number of nitrogens with zero attached hydrogens (tertiary/aromatic N) is 1. The highest BCUT2D eigenvalue weighted by Gasteiger charge is 2.01. The molecule has 0 bridgehead atoms. The van der Waals surface area contributed by atoms with Crippen LogP contribution in [0, 0.1) is 0 Å². The van der Waals surface area contributed by atoms with Crippen LogP contribution in [-0.4, -0.2) is 24.4 Å². The van der Waals surface area contributed by atoms with Gasteiger partial charge < -0.3 is 9.94 Å². The average molecular weight is 179 g/mol. The lowest BCUT2D eigenvalue weighted by atomic mass is 10.1. The molecule has 0 spiro atoms. The summed E-state index contributed by atoms with van der Waals surface area (Å²) in [5, 5.41) is 12.2. The maximum absolute atomic E-state index is 10.6. The zero-order valence-electron chi connectivity index (χ0n) is 7.10. The zero-order chi connectivity index (χ0) is 9.68. The Balaban J connectivity index is 2.92. The van der Waals surface area contributed by atoms with Gasteiger partial charge in [-0.05, 0) is 17.7 Å². The third kappa shape index (κ3) is 2.59. The summed E-state index contributed by atoms with van der Waals surface area (Å²) in [6.45, 7) is 0. The number of oxime groups is 1. The maximum Gasteiger partial charge on any atom is 0.335 e. The Kier molecular flexibility index (Phi) is 3.03. The summed E-state index contributed by atoms with van der Waals surface area (Å²) < 4.78 is 0. The molecule has 68 valence electrons. The molecule has 13 heavy (non-hydrogen) atoms. The molecule has 0 aliphatic rings. The molecule has 4 heteroatoms. The molecule has 0 unspecified atom stereocenters. The second kappa shape index (κ2) is 4.25. The molecule has 0 heterocycles. The van der Waals surface area contributed by atoms with E-state index < -0.39 is 5.97 Å². The first-order valence-corrected chi connectivity index (χ1v) is 3.64. The van der Waals surface area contributed by atoms with Crippen molar-refractivity contribution in [2.45, 2.75) is 0 Å². The Bertz CT molecular complexity index is 333. The Morgan fingerprint density at radius 1 is 1.62 bits per heavy atom. The van der Waals surface area contributed by atoms with Crippen LogP contribution in [0.5, 0.6) is 0 Å².